The molecule has 1 amide bonds. The molecule has 174 valence electrons. The van der Waals surface area contributed by atoms with E-state index in [0.29, 0.717) is 30.1 Å². The molecule has 7 heteroatoms. The predicted molar refractivity (Wildman–Crippen MR) is 129 cm³/mol. The van der Waals surface area contributed by atoms with E-state index < -0.39 is 12.8 Å². The number of alkyl carbamates (subject to hydrolysis) is 1. The van der Waals surface area contributed by atoms with E-state index in [0.717, 1.165) is 35.2 Å². The number of aromatic nitrogens is 2. The molecule has 2 aromatic carbocycles. The van der Waals surface area contributed by atoms with Crippen molar-refractivity contribution in [3.8, 4) is 11.4 Å². The van der Waals surface area contributed by atoms with Crippen molar-refractivity contribution in [1.29, 1.82) is 0 Å². The van der Waals surface area contributed by atoms with Crippen LogP contribution in [0.1, 0.15) is 38.3 Å². The van der Waals surface area contributed by atoms with Crippen LogP contribution >= 0.6 is 0 Å². The minimum atomic E-state index is -0.576. The largest absolute Gasteiger partial charge is 0.449 e. The number of amides is 1. The second kappa shape index (κ2) is 9.33. The Morgan fingerprint density at radius 2 is 2.00 bits per heavy atom. The van der Waals surface area contributed by atoms with Gasteiger partial charge in [0.2, 0.25) is 0 Å². The average molecular weight is 451 g/mol. The molecule has 1 N–H and O–H groups in total. The lowest BCUT2D eigenvalue weighted by atomic mass is 9.99. The van der Waals surface area contributed by atoms with E-state index >= 15 is 0 Å². The first-order chi connectivity index (χ1) is 15.7. The van der Waals surface area contributed by atoms with Crippen LogP contribution in [-0.4, -0.2) is 41.8 Å². The number of fused-ring (bicyclic) bond motifs is 1. The maximum absolute atomic E-state index is 13.6. The highest BCUT2D eigenvalue weighted by Gasteiger charge is 2.28. The highest BCUT2D eigenvalue weighted by molar-refractivity contribution is 5.92. The molecule has 1 saturated heterocycles. The fraction of sp³-hybridized carbons (Fsp3) is 0.423. The van der Waals surface area contributed by atoms with E-state index in [9.17, 15) is 9.18 Å². The van der Waals surface area contributed by atoms with Crippen molar-refractivity contribution in [3.63, 3.8) is 0 Å². The normalized spacial score (nSPS) is 16.3. The fourth-order valence-electron chi connectivity index (χ4n) is 4.00. The van der Waals surface area contributed by atoms with Gasteiger partial charge in [-0.2, -0.15) is 0 Å². The van der Waals surface area contributed by atoms with Gasteiger partial charge in [-0.15, -0.1) is 0 Å². The lowest BCUT2D eigenvalue weighted by molar-refractivity contribution is 0.104. The molecule has 3 aromatic rings. The number of carbonyl (C=O) groups is 1. The second-order valence-corrected chi connectivity index (χ2v) is 9.89. The van der Waals surface area contributed by atoms with Gasteiger partial charge in [-0.1, -0.05) is 51.1 Å². The summed E-state index contributed by atoms with van der Waals surface area (Å²) in [6, 6.07) is 13.4. The first-order valence-electron chi connectivity index (χ1n) is 11.3. The van der Waals surface area contributed by atoms with E-state index in [4.69, 9.17) is 14.7 Å². The van der Waals surface area contributed by atoms with Gasteiger partial charge in [0.25, 0.3) is 0 Å². The molecule has 1 atom stereocenters. The van der Waals surface area contributed by atoms with Gasteiger partial charge in [0.15, 0.2) is 5.82 Å². The maximum atomic E-state index is 13.6. The van der Waals surface area contributed by atoms with Crippen molar-refractivity contribution in [3.05, 3.63) is 53.6 Å². The minimum Gasteiger partial charge on any atom is -0.449 e. The Bertz CT molecular complexity index is 1160. The molecule has 0 aliphatic carbocycles. The number of hydrogen-bond donors (Lipinski definition) is 1. The first-order valence-corrected chi connectivity index (χ1v) is 11.3. The quantitative estimate of drug-likeness (QED) is 0.562. The Hall–Kier alpha value is -3.22. The smallest absolute Gasteiger partial charge is 0.407 e. The van der Waals surface area contributed by atoms with Crippen LogP contribution in [0.3, 0.4) is 0 Å². The Balaban J connectivity index is 1.61. The Kier molecular flexibility index (Phi) is 6.49. The summed E-state index contributed by atoms with van der Waals surface area (Å²) >= 11 is 0. The van der Waals surface area contributed by atoms with Crippen molar-refractivity contribution < 1.29 is 13.9 Å². The zero-order valence-electron chi connectivity index (χ0n) is 19.7. The summed E-state index contributed by atoms with van der Waals surface area (Å²) in [7, 11) is 0. The van der Waals surface area contributed by atoms with Crippen LogP contribution in [0.5, 0.6) is 0 Å². The van der Waals surface area contributed by atoms with Gasteiger partial charge in [0.1, 0.15) is 12.5 Å². The number of aryl methyl sites for hydroxylation is 1. The summed E-state index contributed by atoms with van der Waals surface area (Å²) in [5.41, 5.74) is 3.11. The number of nitrogens with one attached hydrogen (secondary N) is 1. The van der Waals surface area contributed by atoms with Gasteiger partial charge in [-0.05, 0) is 42.0 Å². The van der Waals surface area contributed by atoms with Crippen molar-refractivity contribution in [1.82, 2.24) is 15.3 Å². The van der Waals surface area contributed by atoms with Crippen LogP contribution in [0.15, 0.2) is 42.5 Å². The highest BCUT2D eigenvalue weighted by atomic mass is 19.1. The number of hydrogen-bond acceptors (Lipinski definition) is 5. The molecule has 33 heavy (non-hydrogen) atoms. The molecule has 0 radical (unpaired) electrons. The molecule has 1 aliphatic rings. The third-order valence-electron chi connectivity index (χ3n) is 5.68. The van der Waals surface area contributed by atoms with Gasteiger partial charge in [-0.25, -0.2) is 19.2 Å². The second-order valence-electron chi connectivity index (χ2n) is 9.89. The van der Waals surface area contributed by atoms with Crippen molar-refractivity contribution in [2.45, 2.75) is 46.8 Å². The summed E-state index contributed by atoms with van der Waals surface area (Å²) in [6.07, 6.45) is 0.399. The summed E-state index contributed by atoms with van der Waals surface area (Å²) in [6.45, 7) is 9.25. The minimum absolute atomic E-state index is 0.0329. The topological polar surface area (TPSA) is 67.4 Å². The summed E-state index contributed by atoms with van der Waals surface area (Å²) in [4.78, 5) is 24.0. The van der Waals surface area contributed by atoms with E-state index in [-0.39, 0.29) is 11.5 Å². The van der Waals surface area contributed by atoms with Crippen LogP contribution in [0.4, 0.5) is 15.0 Å². The Morgan fingerprint density at radius 1 is 1.21 bits per heavy atom. The van der Waals surface area contributed by atoms with Gasteiger partial charge in [-0.3, -0.25) is 0 Å². The van der Waals surface area contributed by atoms with Crippen LogP contribution < -0.4 is 10.2 Å². The molecular formula is C26H31FN4O2. The van der Waals surface area contributed by atoms with E-state index in [1.165, 1.54) is 0 Å². The predicted octanol–water partition coefficient (Wildman–Crippen LogP) is 5.43. The number of benzene rings is 2. The number of ether oxygens (including phenoxy) is 1. The fourth-order valence-corrected chi connectivity index (χ4v) is 4.00. The third kappa shape index (κ3) is 5.41. The van der Waals surface area contributed by atoms with Gasteiger partial charge in [0, 0.05) is 24.0 Å². The van der Waals surface area contributed by atoms with Crippen LogP contribution in [0.2, 0.25) is 0 Å². The number of anilines is 1. The average Bonchev–Trinajstić information content (AvgIpc) is 3.24. The van der Waals surface area contributed by atoms with Gasteiger partial charge >= 0.3 is 6.09 Å². The first kappa shape index (κ1) is 23.0. The molecule has 0 unspecified atom stereocenters. The lowest BCUT2D eigenvalue weighted by Gasteiger charge is -2.22. The van der Waals surface area contributed by atoms with Crippen LogP contribution in [0, 0.1) is 12.3 Å². The monoisotopic (exact) mass is 450 g/mol. The molecule has 0 spiro atoms. The summed E-state index contributed by atoms with van der Waals surface area (Å²) in [5, 5.41) is 3.92. The van der Waals surface area contributed by atoms with E-state index in [2.05, 4.69) is 10.2 Å². The molecule has 6 nitrogen and oxygen atoms in total. The molecular weight excluding hydrogens is 419 g/mol. The number of halogens is 1. The SMILES string of the molecule is Cc1ccc2c(N3CC[C@@H](NC(=O)OCC(C)(C)C)C3)nc(-c3ccccc3CF)nc2c1. The molecule has 1 aromatic heterocycles. The lowest BCUT2D eigenvalue weighted by Crippen LogP contribution is -2.38. The van der Waals surface area contributed by atoms with Crippen molar-refractivity contribution in [2.75, 3.05) is 24.6 Å². The molecule has 0 saturated carbocycles. The van der Waals surface area contributed by atoms with E-state index in [1.54, 1.807) is 6.07 Å². The molecule has 1 aliphatic heterocycles. The summed E-state index contributed by atoms with van der Waals surface area (Å²) < 4.78 is 19.0. The summed E-state index contributed by atoms with van der Waals surface area (Å²) in [5.74, 6) is 1.31. The van der Waals surface area contributed by atoms with Crippen molar-refractivity contribution in [2.24, 2.45) is 5.41 Å². The molecule has 0 bridgehead atoms. The zero-order chi connectivity index (χ0) is 23.6. The standard InChI is InChI=1S/C26H31FN4O2/c1-17-9-10-21-22(13-17)29-23(20-8-6-5-7-18(20)14-27)30-24(21)31-12-11-19(15-31)28-25(32)33-16-26(2,3)4/h5-10,13,19H,11-12,14-16H2,1-4H3,(H,28,32)/t19-/m1/s1. The van der Waals surface area contributed by atoms with E-state index in [1.807, 2.05) is 64.1 Å². The number of carbonyl (C=O) groups excluding carboxylic acids is 1. The Morgan fingerprint density at radius 3 is 2.76 bits per heavy atom. The number of alkyl halides is 1. The number of rotatable bonds is 5. The van der Waals surface area contributed by atoms with Crippen LogP contribution in [0.25, 0.3) is 22.3 Å². The molecule has 2 heterocycles. The Labute approximate surface area is 194 Å². The van der Waals surface area contributed by atoms with Crippen LogP contribution in [-0.2, 0) is 11.4 Å². The molecule has 1 fully saturated rings. The van der Waals surface area contributed by atoms with Gasteiger partial charge in [0.05, 0.1) is 18.2 Å². The third-order valence-corrected chi connectivity index (χ3v) is 5.68. The molecule has 4 rings (SSSR count). The van der Waals surface area contributed by atoms with Gasteiger partial charge < -0.3 is 15.0 Å². The number of nitrogens with zero attached hydrogens (tertiary/aromatic N) is 3. The zero-order valence-corrected chi connectivity index (χ0v) is 19.7. The maximum Gasteiger partial charge on any atom is 0.407 e. The van der Waals surface area contributed by atoms with Crippen molar-refractivity contribution >= 4 is 22.8 Å². The highest BCUT2D eigenvalue weighted by Crippen LogP contribution is 2.31.